The first-order valence-corrected chi connectivity index (χ1v) is 7.13. The Labute approximate surface area is 123 Å². The number of carbonyl (C=O) groups excluding carboxylic acids is 1. The molecule has 0 aliphatic rings. The summed E-state index contributed by atoms with van der Waals surface area (Å²) in [5.41, 5.74) is 0. The summed E-state index contributed by atoms with van der Waals surface area (Å²) < 4.78 is 6.38. The maximum absolute atomic E-state index is 11.3. The molecule has 0 fully saturated rings. The van der Waals surface area contributed by atoms with Gasteiger partial charge in [0.25, 0.3) is 5.24 Å². The van der Waals surface area contributed by atoms with Crippen molar-refractivity contribution in [2.24, 2.45) is 0 Å². The topological polar surface area (TPSA) is 26.3 Å². The quantitative estimate of drug-likeness (QED) is 0.709. The van der Waals surface area contributed by atoms with Gasteiger partial charge in [-0.3, -0.25) is 4.79 Å². The number of ether oxygens (including phenoxy) is 1. The Morgan fingerprint density at radius 2 is 2.00 bits per heavy atom. The van der Waals surface area contributed by atoms with Gasteiger partial charge in [-0.25, -0.2) is 0 Å². The largest absolute Gasteiger partial charge is 0.490 e. The molecular weight excluding hydrogens is 315 g/mol. The lowest BCUT2D eigenvalue weighted by Crippen LogP contribution is -2.05. The molecule has 0 bridgehead atoms. The highest BCUT2D eigenvalue weighted by Gasteiger charge is 2.20. The molecule has 1 aromatic heterocycles. The van der Waals surface area contributed by atoms with Crippen LogP contribution in [-0.4, -0.2) is 11.3 Å². The lowest BCUT2D eigenvalue weighted by atomic mass is 10.2. The van der Waals surface area contributed by atoms with E-state index in [9.17, 15) is 4.79 Å². The zero-order chi connectivity index (χ0) is 13.4. The number of benzene rings is 1. The van der Waals surface area contributed by atoms with E-state index in [1.807, 2.05) is 13.8 Å². The number of halogens is 3. The van der Waals surface area contributed by atoms with E-state index < -0.39 is 5.24 Å². The second-order valence-corrected chi connectivity index (χ2v) is 6.08. The molecule has 0 N–H and O–H groups in total. The number of hydrogen-bond donors (Lipinski definition) is 0. The van der Waals surface area contributed by atoms with Crippen LogP contribution in [0.4, 0.5) is 0 Å². The molecule has 2 nitrogen and oxygen atoms in total. The summed E-state index contributed by atoms with van der Waals surface area (Å²) in [5, 5.41) is 0.880. The smallest absolute Gasteiger partial charge is 0.263 e. The summed E-state index contributed by atoms with van der Waals surface area (Å²) in [4.78, 5) is 11.6. The van der Waals surface area contributed by atoms with Crippen molar-refractivity contribution < 1.29 is 9.53 Å². The molecule has 0 unspecified atom stereocenters. The molecule has 0 saturated carbocycles. The van der Waals surface area contributed by atoms with E-state index in [-0.39, 0.29) is 11.0 Å². The van der Waals surface area contributed by atoms with Crippen LogP contribution in [0.3, 0.4) is 0 Å². The van der Waals surface area contributed by atoms with Crippen molar-refractivity contribution in [1.82, 2.24) is 0 Å². The monoisotopic (exact) mass is 322 g/mol. The van der Waals surface area contributed by atoms with Crippen LogP contribution in [0.25, 0.3) is 10.1 Å². The molecule has 2 rings (SSSR count). The predicted molar refractivity (Wildman–Crippen MR) is 77.8 cm³/mol. The fraction of sp³-hybridized carbons (Fsp3) is 0.250. The average Bonchev–Trinajstić information content (AvgIpc) is 2.61. The number of thiophene rings is 1. The van der Waals surface area contributed by atoms with Crippen LogP contribution in [0.2, 0.25) is 10.0 Å². The number of carbonyl (C=O) groups is 1. The van der Waals surface area contributed by atoms with E-state index in [1.54, 1.807) is 12.1 Å². The fourth-order valence-corrected chi connectivity index (χ4v) is 3.51. The van der Waals surface area contributed by atoms with E-state index in [4.69, 9.17) is 39.5 Å². The number of hydrogen-bond acceptors (Lipinski definition) is 3. The molecule has 2 aromatic rings. The molecule has 0 atom stereocenters. The van der Waals surface area contributed by atoms with Gasteiger partial charge in [0.1, 0.15) is 10.6 Å². The summed E-state index contributed by atoms with van der Waals surface area (Å²) in [7, 11) is 0. The Kier molecular flexibility index (Phi) is 4.07. The van der Waals surface area contributed by atoms with E-state index in [0.717, 1.165) is 0 Å². The van der Waals surface area contributed by atoms with Crippen molar-refractivity contribution in [3.63, 3.8) is 0 Å². The molecule has 1 aromatic carbocycles. The Balaban J connectivity index is 2.75. The summed E-state index contributed by atoms with van der Waals surface area (Å²) >= 11 is 18.9. The summed E-state index contributed by atoms with van der Waals surface area (Å²) in [6.07, 6.45) is 0.000459. The molecule has 0 aliphatic heterocycles. The molecule has 0 amide bonds. The zero-order valence-electron chi connectivity index (χ0n) is 9.59. The Bertz CT molecular complexity index is 619. The van der Waals surface area contributed by atoms with Crippen molar-refractivity contribution >= 4 is 61.5 Å². The SMILES string of the molecule is CC(C)Oc1ccc(Cl)c2sc(C(=O)Cl)c(Cl)c12. The summed E-state index contributed by atoms with van der Waals surface area (Å²) in [6.45, 7) is 3.82. The first-order valence-electron chi connectivity index (χ1n) is 5.18. The number of fused-ring (bicyclic) bond motifs is 1. The average molecular weight is 324 g/mol. The fourth-order valence-electron chi connectivity index (χ4n) is 1.59. The van der Waals surface area contributed by atoms with Gasteiger partial charge >= 0.3 is 0 Å². The van der Waals surface area contributed by atoms with Gasteiger partial charge in [-0.2, -0.15) is 0 Å². The van der Waals surface area contributed by atoms with Crippen molar-refractivity contribution in [3.8, 4) is 5.75 Å². The molecule has 18 heavy (non-hydrogen) atoms. The minimum absolute atomic E-state index is 0.000459. The van der Waals surface area contributed by atoms with E-state index in [1.165, 1.54) is 11.3 Å². The Hall–Kier alpha value is -0.480. The van der Waals surface area contributed by atoms with Gasteiger partial charge in [0.05, 0.1) is 26.2 Å². The van der Waals surface area contributed by atoms with Gasteiger partial charge in [0.15, 0.2) is 0 Å². The zero-order valence-corrected chi connectivity index (χ0v) is 12.7. The van der Waals surface area contributed by atoms with Crippen LogP contribution in [0.15, 0.2) is 12.1 Å². The molecule has 0 radical (unpaired) electrons. The molecule has 6 heteroatoms. The standard InChI is InChI=1S/C12H9Cl3O2S/c1-5(2)17-7-4-3-6(13)10-8(7)9(14)11(18-10)12(15)16/h3-5H,1-2H3. The third-order valence-corrected chi connectivity index (χ3v) is 4.68. The van der Waals surface area contributed by atoms with Crippen molar-refractivity contribution in [2.75, 3.05) is 0 Å². The minimum atomic E-state index is -0.590. The van der Waals surface area contributed by atoms with Gasteiger partial charge in [0, 0.05) is 0 Å². The molecule has 0 spiro atoms. The van der Waals surface area contributed by atoms with Gasteiger partial charge in [-0.05, 0) is 37.6 Å². The van der Waals surface area contributed by atoms with E-state index in [2.05, 4.69) is 0 Å². The normalized spacial score (nSPS) is 11.2. The van der Waals surface area contributed by atoms with Gasteiger partial charge < -0.3 is 4.74 Å². The first-order chi connectivity index (χ1) is 8.41. The van der Waals surface area contributed by atoms with Crippen molar-refractivity contribution in [2.45, 2.75) is 20.0 Å². The molecular formula is C12H9Cl3O2S. The van der Waals surface area contributed by atoms with Crippen LogP contribution in [0.1, 0.15) is 23.5 Å². The second kappa shape index (κ2) is 5.25. The lowest BCUT2D eigenvalue weighted by Gasteiger charge is -2.11. The Morgan fingerprint density at radius 3 is 2.56 bits per heavy atom. The highest BCUT2D eigenvalue weighted by Crippen LogP contribution is 2.44. The van der Waals surface area contributed by atoms with E-state index in [0.29, 0.717) is 25.9 Å². The molecule has 96 valence electrons. The maximum Gasteiger partial charge on any atom is 0.263 e. The highest BCUT2D eigenvalue weighted by molar-refractivity contribution is 7.23. The lowest BCUT2D eigenvalue weighted by molar-refractivity contribution is 0.108. The van der Waals surface area contributed by atoms with E-state index >= 15 is 0 Å². The summed E-state index contributed by atoms with van der Waals surface area (Å²) in [6, 6.07) is 3.46. The molecule has 0 aliphatic carbocycles. The van der Waals surface area contributed by atoms with Crippen LogP contribution in [0, 0.1) is 0 Å². The van der Waals surface area contributed by atoms with Crippen LogP contribution in [0.5, 0.6) is 5.75 Å². The van der Waals surface area contributed by atoms with Gasteiger partial charge in [0.2, 0.25) is 0 Å². The number of rotatable bonds is 3. The van der Waals surface area contributed by atoms with Crippen LogP contribution < -0.4 is 4.74 Å². The van der Waals surface area contributed by atoms with Gasteiger partial charge in [-0.15, -0.1) is 11.3 Å². The minimum Gasteiger partial charge on any atom is -0.490 e. The predicted octanol–water partition coefficient (Wildman–Crippen LogP) is 5.37. The summed E-state index contributed by atoms with van der Waals surface area (Å²) in [5.74, 6) is 0.606. The van der Waals surface area contributed by atoms with Crippen LogP contribution >= 0.6 is 46.1 Å². The van der Waals surface area contributed by atoms with Gasteiger partial charge in [-0.1, -0.05) is 23.2 Å². The first kappa shape index (κ1) is 13.9. The Morgan fingerprint density at radius 1 is 1.33 bits per heavy atom. The third-order valence-electron chi connectivity index (χ3n) is 2.24. The molecule has 1 heterocycles. The van der Waals surface area contributed by atoms with Crippen LogP contribution in [-0.2, 0) is 0 Å². The second-order valence-electron chi connectivity index (χ2n) is 3.94. The third kappa shape index (κ3) is 2.45. The maximum atomic E-state index is 11.3. The van der Waals surface area contributed by atoms with Crippen molar-refractivity contribution in [3.05, 3.63) is 27.1 Å². The molecule has 0 saturated heterocycles. The highest BCUT2D eigenvalue weighted by atomic mass is 35.5. The van der Waals surface area contributed by atoms with Crippen molar-refractivity contribution in [1.29, 1.82) is 0 Å².